The van der Waals surface area contributed by atoms with Crippen LogP contribution < -0.4 is 0 Å². The van der Waals surface area contributed by atoms with Gasteiger partial charge >= 0.3 is 0 Å². The lowest BCUT2D eigenvalue weighted by atomic mass is 9.86. The van der Waals surface area contributed by atoms with Gasteiger partial charge in [0.1, 0.15) is 0 Å². The van der Waals surface area contributed by atoms with Gasteiger partial charge in [-0.3, -0.25) is 4.55 Å². The summed E-state index contributed by atoms with van der Waals surface area (Å²) >= 11 is 0. The van der Waals surface area contributed by atoms with Crippen LogP contribution >= 0.6 is 0 Å². The molecule has 0 aliphatic heterocycles. The van der Waals surface area contributed by atoms with Crippen molar-refractivity contribution in [2.24, 2.45) is 0 Å². The summed E-state index contributed by atoms with van der Waals surface area (Å²) in [6.45, 7) is 7.98. The van der Waals surface area contributed by atoms with Gasteiger partial charge < -0.3 is 0 Å². The molecule has 0 amide bonds. The van der Waals surface area contributed by atoms with Crippen LogP contribution in [0.25, 0.3) is 0 Å². The molecule has 0 spiro atoms. The summed E-state index contributed by atoms with van der Waals surface area (Å²) in [6.07, 6.45) is 0.742. The Labute approximate surface area is 97.2 Å². The maximum absolute atomic E-state index is 11.1. The number of rotatable bonds is 2. The Hall–Kier alpha value is -0.870. The highest BCUT2D eigenvalue weighted by molar-refractivity contribution is 7.85. The summed E-state index contributed by atoms with van der Waals surface area (Å²) in [7, 11) is -4.12. The van der Waals surface area contributed by atoms with Crippen LogP contribution in [0.4, 0.5) is 0 Å². The van der Waals surface area contributed by atoms with Gasteiger partial charge in [-0.1, -0.05) is 33.8 Å². The van der Waals surface area contributed by atoms with Gasteiger partial charge in [0.2, 0.25) is 0 Å². The van der Waals surface area contributed by atoms with E-state index in [1.165, 1.54) is 12.1 Å². The topological polar surface area (TPSA) is 54.4 Å². The van der Waals surface area contributed by atoms with Crippen LogP contribution in [-0.4, -0.2) is 13.0 Å². The first-order chi connectivity index (χ1) is 7.14. The maximum atomic E-state index is 11.1. The lowest BCUT2D eigenvalue weighted by molar-refractivity contribution is 0.482. The molecule has 0 bridgehead atoms. The lowest BCUT2D eigenvalue weighted by Gasteiger charge is -2.20. The first kappa shape index (κ1) is 13.2. The molecule has 1 rings (SSSR count). The predicted molar refractivity (Wildman–Crippen MR) is 64.3 cm³/mol. The van der Waals surface area contributed by atoms with Gasteiger partial charge in [-0.15, -0.1) is 0 Å². The third kappa shape index (κ3) is 3.06. The second-order valence-corrected chi connectivity index (χ2v) is 6.37. The van der Waals surface area contributed by atoms with Crippen molar-refractivity contribution in [3.05, 3.63) is 29.3 Å². The quantitative estimate of drug-likeness (QED) is 0.811. The Balaban J connectivity index is 3.45. The molecule has 0 aliphatic carbocycles. The van der Waals surface area contributed by atoms with Crippen LogP contribution in [0.3, 0.4) is 0 Å². The first-order valence-corrected chi connectivity index (χ1v) is 6.70. The highest BCUT2D eigenvalue weighted by Crippen LogP contribution is 2.26. The summed E-state index contributed by atoms with van der Waals surface area (Å²) < 4.78 is 31.3. The standard InChI is InChI=1S/C12H18O3S/c1-5-9-6-10(12(2,3)4)8-11(7-9)16(13,14)15/h6-8H,5H2,1-4H3,(H,13,14,15). The van der Waals surface area contributed by atoms with Gasteiger partial charge in [0.25, 0.3) is 10.1 Å². The molecule has 1 N–H and O–H groups in total. The van der Waals surface area contributed by atoms with Crippen molar-refractivity contribution in [3.8, 4) is 0 Å². The largest absolute Gasteiger partial charge is 0.294 e. The number of aryl methyl sites for hydroxylation is 1. The molecule has 4 heteroatoms. The molecule has 0 heterocycles. The van der Waals surface area contributed by atoms with Crippen LogP contribution in [0.1, 0.15) is 38.8 Å². The van der Waals surface area contributed by atoms with Crippen molar-refractivity contribution in [2.45, 2.75) is 44.4 Å². The molecule has 1 aromatic carbocycles. The maximum Gasteiger partial charge on any atom is 0.294 e. The molecule has 0 unspecified atom stereocenters. The smallest absolute Gasteiger partial charge is 0.282 e. The molecule has 90 valence electrons. The summed E-state index contributed by atoms with van der Waals surface area (Å²) in [5, 5.41) is 0. The van der Waals surface area contributed by atoms with E-state index in [4.69, 9.17) is 4.55 Å². The van der Waals surface area contributed by atoms with Crippen LogP contribution in [-0.2, 0) is 22.0 Å². The fourth-order valence-electron chi connectivity index (χ4n) is 1.45. The van der Waals surface area contributed by atoms with E-state index in [0.717, 1.165) is 17.5 Å². The molecule has 0 saturated heterocycles. The van der Waals surface area contributed by atoms with Crippen molar-refractivity contribution >= 4 is 10.1 Å². The van der Waals surface area contributed by atoms with Crippen molar-refractivity contribution in [3.63, 3.8) is 0 Å². The Morgan fingerprint density at radius 3 is 2.12 bits per heavy atom. The van der Waals surface area contributed by atoms with Crippen molar-refractivity contribution < 1.29 is 13.0 Å². The van der Waals surface area contributed by atoms with E-state index in [9.17, 15) is 8.42 Å². The summed E-state index contributed by atoms with van der Waals surface area (Å²) in [6, 6.07) is 5.04. The Morgan fingerprint density at radius 2 is 1.75 bits per heavy atom. The van der Waals surface area contributed by atoms with Gasteiger partial charge in [0.05, 0.1) is 4.90 Å². The summed E-state index contributed by atoms with van der Waals surface area (Å²) in [5.41, 5.74) is 1.70. The van der Waals surface area contributed by atoms with E-state index in [1.54, 1.807) is 0 Å². The third-order valence-corrected chi connectivity index (χ3v) is 3.37. The summed E-state index contributed by atoms with van der Waals surface area (Å²) in [5.74, 6) is 0. The highest BCUT2D eigenvalue weighted by Gasteiger charge is 2.18. The SMILES string of the molecule is CCc1cc(C(C)(C)C)cc(S(=O)(=O)O)c1. The van der Waals surface area contributed by atoms with Gasteiger partial charge in [-0.05, 0) is 35.1 Å². The van der Waals surface area contributed by atoms with Crippen LogP contribution in [0.15, 0.2) is 23.1 Å². The monoisotopic (exact) mass is 242 g/mol. The minimum absolute atomic E-state index is 0.0169. The van der Waals surface area contributed by atoms with Crippen LogP contribution in [0.5, 0.6) is 0 Å². The van der Waals surface area contributed by atoms with Gasteiger partial charge in [-0.2, -0.15) is 8.42 Å². The second kappa shape index (κ2) is 4.18. The Bertz CT molecular complexity index is 481. The van der Waals surface area contributed by atoms with Crippen molar-refractivity contribution in [1.82, 2.24) is 0 Å². The van der Waals surface area contributed by atoms with E-state index in [1.807, 2.05) is 33.8 Å². The van der Waals surface area contributed by atoms with Crippen LogP contribution in [0, 0.1) is 0 Å². The number of hydrogen-bond acceptors (Lipinski definition) is 2. The van der Waals surface area contributed by atoms with E-state index < -0.39 is 10.1 Å². The Morgan fingerprint density at radius 1 is 1.19 bits per heavy atom. The van der Waals surface area contributed by atoms with E-state index in [0.29, 0.717) is 0 Å². The minimum Gasteiger partial charge on any atom is -0.282 e. The molecule has 0 aliphatic rings. The van der Waals surface area contributed by atoms with Crippen molar-refractivity contribution in [1.29, 1.82) is 0 Å². The first-order valence-electron chi connectivity index (χ1n) is 5.26. The molecule has 0 aromatic heterocycles. The molecule has 1 aromatic rings. The van der Waals surface area contributed by atoms with E-state index in [2.05, 4.69) is 0 Å². The van der Waals surface area contributed by atoms with E-state index >= 15 is 0 Å². The zero-order chi connectivity index (χ0) is 12.6. The number of benzene rings is 1. The third-order valence-electron chi connectivity index (χ3n) is 2.54. The van der Waals surface area contributed by atoms with Gasteiger partial charge in [0.15, 0.2) is 0 Å². The predicted octanol–water partition coefficient (Wildman–Crippen LogP) is 2.79. The normalized spacial score (nSPS) is 12.8. The lowest BCUT2D eigenvalue weighted by Crippen LogP contribution is -2.13. The summed E-state index contributed by atoms with van der Waals surface area (Å²) in [4.78, 5) is -0.0169. The molecular formula is C12H18O3S. The highest BCUT2D eigenvalue weighted by atomic mass is 32.2. The molecule has 0 saturated carbocycles. The fraction of sp³-hybridized carbons (Fsp3) is 0.500. The molecule has 16 heavy (non-hydrogen) atoms. The minimum atomic E-state index is -4.12. The number of hydrogen-bond donors (Lipinski definition) is 1. The Kier molecular flexibility index (Phi) is 3.45. The average molecular weight is 242 g/mol. The molecule has 0 atom stereocenters. The van der Waals surface area contributed by atoms with Crippen LogP contribution in [0.2, 0.25) is 0 Å². The fourth-order valence-corrected chi connectivity index (χ4v) is 2.02. The zero-order valence-corrected chi connectivity index (χ0v) is 10.9. The van der Waals surface area contributed by atoms with Gasteiger partial charge in [-0.25, -0.2) is 0 Å². The van der Waals surface area contributed by atoms with Gasteiger partial charge in [0, 0.05) is 0 Å². The molecule has 0 radical (unpaired) electrons. The van der Waals surface area contributed by atoms with Crippen molar-refractivity contribution in [2.75, 3.05) is 0 Å². The molecule has 3 nitrogen and oxygen atoms in total. The zero-order valence-electron chi connectivity index (χ0n) is 10.1. The van der Waals surface area contributed by atoms with E-state index in [-0.39, 0.29) is 10.3 Å². The average Bonchev–Trinajstić information content (AvgIpc) is 2.14. The molecule has 0 fully saturated rings. The molecular weight excluding hydrogens is 224 g/mol. The second-order valence-electron chi connectivity index (χ2n) is 4.94.